The summed E-state index contributed by atoms with van der Waals surface area (Å²) in [6.45, 7) is 3.23. The number of nitriles is 1. The second-order valence-electron chi connectivity index (χ2n) is 4.31. The van der Waals surface area contributed by atoms with Crippen molar-refractivity contribution in [2.75, 3.05) is 6.54 Å². The third-order valence-corrected chi connectivity index (χ3v) is 3.08. The van der Waals surface area contributed by atoms with Crippen LogP contribution in [0.25, 0.3) is 5.57 Å². The van der Waals surface area contributed by atoms with E-state index in [0.717, 1.165) is 18.2 Å². The van der Waals surface area contributed by atoms with Crippen LogP contribution >= 0.6 is 0 Å². The van der Waals surface area contributed by atoms with E-state index in [1.54, 1.807) is 0 Å². The number of allylic oxidation sites excluding steroid dienone is 1. The van der Waals surface area contributed by atoms with Crippen molar-refractivity contribution < 1.29 is 18.0 Å². The quantitative estimate of drug-likeness (QED) is 0.615. The van der Waals surface area contributed by atoms with E-state index in [1.807, 2.05) is 6.07 Å². The molecular weight excluding hydrogens is 269 g/mol. The van der Waals surface area contributed by atoms with E-state index in [0.29, 0.717) is 5.57 Å². The lowest BCUT2D eigenvalue weighted by Gasteiger charge is -2.09. The predicted octanol–water partition coefficient (Wildman–Crippen LogP) is 3.27. The summed E-state index contributed by atoms with van der Waals surface area (Å²) in [7, 11) is 0. The summed E-state index contributed by atoms with van der Waals surface area (Å²) in [4.78, 5) is 15.3. The average molecular weight is 278 g/mol. The third-order valence-electron chi connectivity index (χ3n) is 3.08. The molecule has 2 rings (SSSR count). The molecule has 0 saturated heterocycles. The Kier molecular flexibility index (Phi) is 3.45. The van der Waals surface area contributed by atoms with Gasteiger partial charge in [-0.2, -0.15) is 18.4 Å². The van der Waals surface area contributed by atoms with Gasteiger partial charge >= 0.3 is 6.18 Å². The number of nitrogens with zero attached hydrogens (tertiary/aromatic N) is 2. The highest BCUT2D eigenvalue weighted by atomic mass is 19.4. The van der Waals surface area contributed by atoms with E-state index in [9.17, 15) is 18.0 Å². The van der Waals surface area contributed by atoms with Crippen LogP contribution in [0.5, 0.6) is 0 Å². The average Bonchev–Trinajstić information content (AvgIpc) is 2.72. The van der Waals surface area contributed by atoms with Gasteiger partial charge in [0.1, 0.15) is 0 Å². The zero-order valence-corrected chi connectivity index (χ0v) is 10.3. The fourth-order valence-corrected chi connectivity index (χ4v) is 2.14. The summed E-state index contributed by atoms with van der Waals surface area (Å²) >= 11 is 0. The molecule has 0 aliphatic heterocycles. The van der Waals surface area contributed by atoms with Crippen molar-refractivity contribution in [1.29, 1.82) is 5.26 Å². The largest absolute Gasteiger partial charge is 0.416 e. The molecule has 6 heteroatoms. The fourth-order valence-electron chi connectivity index (χ4n) is 2.14. The number of rotatable bonds is 2. The van der Waals surface area contributed by atoms with Crippen LogP contribution in [0.2, 0.25) is 0 Å². The highest BCUT2D eigenvalue weighted by molar-refractivity contribution is 6.12. The van der Waals surface area contributed by atoms with Crippen LogP contribution in [0.4, 0.5) is 13.2 Å². The summed E-state index contributed by atoms with van der Waals surface area (Å²) in [6, 6.07) is 4.82. The number of halogens is 3. The second kappa shape index (κ2) is 4.93. The number of aliphatic imine (C=N–C) groups is 1. The van der Waals surface area contributed by atoms with Gasteiger partial charge in [-0.1, -0.05) is 6.07 Å². The van der Waals surface area contributed by atoms with Crippen molar-refractivity contribution in [1.82, 2.24) is 0 Å². The van der Waals surface area contributed by atoms with Crippen molar-refractivity contribution in [2.45, 2.75) is 12.6 Å². The number of Topliss-reactive ketones (excluding diaryl/α,β-unsaturated/α-hetero) is 1. The standard InChI is InChI=1S/C14H9F3N2O/c1-19-7-8(6-18)11-5-13(20)10-3-2-9(4-12(10)11)14(15,16)17/h2-4H,1,5,7H2/b11-8+. The molecule has 0 radical (unpaired) electrons. The van der Waals surface area contributed by atoms with Gasteiger partial charge in [0.05, 0.1) is 23.8 Å². The van der Waals surface area contributed by atoms with E-state index >= 15 is 0 Å². The second-order valence-corrected chi connectivity index (χ2v) is 4.31. The Labute approximate surface area is 113 Å². The molecule has 102 valence electrons. The normalized spacial score (nSPS) is 16.6. The van der Waals surface area contributed by atoms with Crippen LogP contribution in [0, 0.1) is 11.3 Å². The summed E-state index contributed by atoms with van der Waals surface area (Å²) < 4.78 is 38.2. The van der Waals surface area contributed by atoms with Crippen LogP contribution in [0.1, 0.15) is 27.9 Å². The van der Waals surface area contributed by atoms with E-state index in [-0.39, 0.29) is 35.4 Å². The monoisotopic (exact) mass is 278 g/mol. The minimum Gasteiger partial charge on any atom is -0.295 e. The summed E-state index contributed by atoms with van der Waals surface area (Å²) in [6.07, 6.45) is -4.57. The molecule has 3 nitrogen and oxygen atoms in total. The van der Waals surface area contributed by atoms with Gasteiger partial charge in [0.25, 0.3) is 0 Å². The molecule has 0 N–H and O–H groups in total. The first-order valence-electron chi connectivity index (χ1n) is 5.68. The summed E-state index contributed by atoms with van der Waals surface area (Å²) in [5.74, 6) is -0.291. The third kappa shape index (κ3) is 2.35. The Morgan fingerprint density at radius 3 is 2.65 bits per heavy atom. The number of hydrogen-bond donors (Lipinski definition) is 0. The van der Waals surface area contributed by atoms with Crippen LogP contribution in [0.15, 0.2) is 28.8 Å². The highest BCUT2D eigenvalue weighted by Gasteiger charge is 2.34. The van der Waals surface area contributed by atoms with Crippen molar-refractivity contribution in [3.8, 4) is 6.07 Å². The number of benzene rings is 1. The Balaban J connectivity index is 2.65. The van der Waals surface area contributed by atoms with E-state index in [4.69, 9.17) is 5.26 Å². The van der Waals surface area contributed by atoms with Gasteiger partial charge < -0.3 is 0 Å². The minimum absolute atomic E-state index is 0.0190. The molecule has 0 spiro atoms. The number of hydrogen-bond acceptors (Lipinski definition) is 3. The van der Waals surface area contributed by atoms with Crippen LogP contribution < -0.4 is 0 Å². The molecule has 0 amide bonds. The van der Waals surface area contributed by atoms with Crippen LogP contribution in [0.3, 0.4) is 0 Å². The van der Waals surface area contributed by atoms with Gasteiger partial charge in [0.2, 0.25) is 0 Å². The van der Waals surface area contributed by atoms with Gasteiger partial charge in [-0.05, 0) is 30.0 Å². The van der Waals surface area contributed by atoms with Gasteiger partial charge in [0.15, 0.2) is 5.78 Å². The fraction of sp³-hybridized carbons (Fsp3) is 0.214. The van der Waals surface area contributed by atoms with Crippen LogP contribution in [-0.2, 0) is 6.18 Å². The molecule has 0 aromatic heterocycles. The zero-order chi connectivity index (χ0) is 14.9. The first-order chi connectivity index (χ1) is 9.38. The lowest BCUT2D eigenvalue weighted by atomic mass is 10.00. The molecule has 1 aromatic rings. The van der Waals surface area contributed by atoms with Gasteiger partial charge in [-0.15, -0.1) is 0 Å². The van der Waals surface area contributed by atoms with E-state index in [1.165, 1.54) is 0 Å². The van der Waals surface area contributed by atoms with Crippen molar-refractivity contribution in [3.63, 3.8) is 0 Å². The van der Waals surface area contributed by atoms with Gasteiger partial charge in [0, 0.05) is 12.0 Å². The molecule has 0 atom stereocenters. The minimum atomic E-state index is -4.49. The first kappa shape index (κ1) is 14.0. The molecule has 0 heterocycles. The Hall–Kier alpha value is -2.42. The highest BCUT2D eigenvalue weighted by Crippen LogP contribution is 2.38. The Bertz CT molecular complexity index is 666. The topological polar surface area (TPSA) is 53.2 Å². The van der Waals surface area contributed by atoms with Crippen molar-refractivity contribution in [3.05, 3.63) is 40.5 Å². The van der Waals surface area contributed by atoms with Crippen molar-refractivity contribution in [2.24, 2.45) is 4.99 Å². The molecular formula is C14H9F3N2O. The smallest absolute Gasteiger partial charge is 0.295 e. The van der Waals surface area contributed by atoms with E-state index < -0.39 is 11.7 Å². The number of fused-ring (bicyclic) bond motifs is 1. The molecule has 0 fully saturated rings. The Morgan fingerprint density at radius 2 is 2.10 bits per heavy atom. The predicted molar refractivity (Wildman–Crippen MR) is 67.3 cm³/mol. The van der Waals surface area contributed by atoms with Gasteiger partial charge in [-0.25, -0.2) is 0 Å². The number of ketones is 1. The molecule has 0 bridgehead atoms. The summed E-state index contributed by atoms with van der Waals surface area (Å²) in [5.41, 5.74) is 0.0274. The molecule has 1 aliphatic carbocycles. The lowest BCUT2D eigenvalue weighted by molar-refractivity contribution is -0.137. The molecule has 1 aromatic carbocycles. The number of alkyl halides is 3. The maximum absolute atomic E-state index is 12.7. The van der Waals surface area contributed by atoms with Crippen LogP contribution in [-0.4, -0.2) is 19.0 Å². The maximum Gasteiger partial charge on any atom is 0.416 e. The summed E-state index contributed by atoms with van der Waals surface area (Å²) in [5, 5.41) is 9.03. The Morgan fingerprint density at radius 1 is 1.40 bits per heavy atom. The molecule has 0 saturated carbocycles. The van der Waals surface area contributed by atoms with Crippen molar-refractivity contribution >= 4 is 18.1 Å². The molecule has 0 unspecified atom stereocenters. The van der Waals surface area contributed by atoms with Gasteiger partial charge in [-0.3, -0.25) is 9.79 Å². The first-order valence-corrected chi connectivity index (χ1v) is 5.68. The molecule has 20 heavy (non-hydrogen) atoms. The zero-order valence-electron chi connectivity index (χ0n) is 10.3. The number of carbonyl (C=O) groups is 1. The SMILES string of the molecule is C=NC/C(C#N)=C1\CC(=O)c2ccc(C(F)(F)F)cc21. The van der Waals surface area contributed by atoms with E-state index in [2.05, 4.69) is 11.7 Å². The number of carbonyl (C=O) groups excluding carboxylic acids is 1. The molecule has 1 aliphatic rings. The maximum atomic E-state index is 12.7. The lowest BCUT2D eigenvalue weighted by Crippen LogP contribution is -2.06.